The number of ether oxygens (including phenoxy) is 1. The average molecular weight is 343 g/mol. The highest BCUT2D eigenvalue weighted by Gasteiger charge is 2.32. The minimum absolute atomic E-state index is 0.747. The molecule has 2 fully saturated rings. The minimum atomic E-state index is 0.747. The molecule has 0 N–H and O–H groups in total. The van der Waals surface area contributed by atoms with Crippen molar-refractivity contribution in [1.82, 2.24) is 9.80 Å². The summed E-state index contributed by atoms with van der Waals surface area (Å²) in [4.78, 5) is 5.55. The standard InChI is InChI=1S/C22H34N2O/c1-25-13-12-24(21-9-4-10-21)17-18-6-5-11-23(16-18)22-14-19-7-2-3-8-20(19)15-22/h2-3,7-8,18,21-22H,4-6,9-17H2,1H3. The van der Waals surface area contributed by atoms with Gasteiger partial charge in [0, 0.05) is 38.8 Å². The Hall–Kier alpha value is -0.900. The van der Waals surface area contributed by atoms with E-state index in [0.717, 1.165) is 31.2 Å². The molecule has 1 unspecified atom stereocenters. The third kappa shape index (κ3) is 4.10. The highest BCUT2D eigenvalue weighted by atomic mass is 16.5. The van der Waals surface area contributed by atoms with Gasteiger partial charge in [0.2, 0.25) is 0 Å². The van der Waals surface area contributed by atoms with Gasteiger partial charge in [-0.1, -0.05) is 30.7 Å². The van der Waals surface area contributed by atoms with Crippen LogP contribution in [-0.4, -0.2) is 61.8 Å². The van der Waals surface area contributed by atoms with Gasteiger partial charge in [-0.2, -0.15) is 0 Å². The fraction of sp³-hybridized carbons (Fsp3) is 0.727. The lowest BCUT2D eigenvalue weighted by atomic mass is 9.89. The van der Waals surface area contributed by atoms with Gasteiger partial charge in [-0.25, -0.2) is 0 Å². The van der Waals surface area contributed by atoms with Crippen LogP contribution in [0.5, 0.6) is 0 Å². The van der Waals surface area contributed by atoms with Gasteiger partial charge in [-0.05, 0) is 62.1 Å². The molecule has 0 radical (unpaired) electrons. The van der Waals surface area contributed by atoms with E-state index in [1.54, 1.807) is 11.1 Å². The monoisotopic (exact) mass is 342 g/mol. The van der Waals surface area contributed by atoms with Crippen molar-refractivity contribution in [3.05, 3.63) is 35.4 Å². The number of piperidine rings is 1. The summed E-state index contributed by atoms with van der Waals surface area (Å²) in [5, 5.41) is 0. The quantitative estimate of drug-likeness (QED) is 0.756. The molecule has 2 aliphatic carbocycles. The summed E-state index contributed by atoms with van der Waals surface area (Å²) in [6.07, 6.45) is 9.53. The van der Waals surface area contributed by atoms with Gasteiger partial charge in [0.1, 0.15) is 0 Å². The van der Waals surface area contributed by atoms with E-state index in [1.807, 2.05) is 7.11 Å². The molecule has 1 heterocycles. The molecule has 0 amide bonds. The van der Waals surface area contributed by atoms with Crippen molar-refractivity contribution in [2.75, 3.05) is 39.9 Å². The van der Waals surface area contributed by atoms with Gasteiger partial charge < -0.3 is 4.74 Å². The number of hydrogen-bond acceptors (Lipinski definition) is 3. The van der Waals surface area contributed by atoms with Crippen molar-refractivity contribution in [3.63, 3.8) is 0 Å². The molecule has 1 aromatic carbocycles. The van der Waals surface area contributed by atoms with Crippen molar-refractivity contribution in [2.24, 2.45) is 5.92 Å². The summed E-state index contributed by atoms with van der Waals surface area (Å²) in [5.41, 5.74) is 3.18. The molecule has 25 heavy (non-hydrogen) atoms. The van der Waals surface area contributed by atoms with Crippen LogP contribution in [0.2, 0.25) is 0 Å². The van der Waals surface area contributed by atoms with Gasteiger partial charge in [0.25, 0.3) is 0 Å². The molecule has 0 aromatic heterocycles. The minimum Gasteiger partial charge on any atom is -0.383 e. The second-order valence-corrected chi connectivity index (χ2v) is 8.41. The maximum atomic E-state index is 5.37. The van der Waals surface area contributed by atoms with Crippen LogP contribution in [0.25, 0.3) is 0 Å². The van der Waals surface area contributed by atoms with Crippen LogP contribution in [0.3, 0.4) is 0 Å². The maximum absolute atomic E-state index is 5.37. The second kappa shape index (κ2) is 8.20. The summed E-state index contributed by atoms with van der Waals surface area (Å²) in [5.74, 6) is 0.843. The molecule has 0 spiro atoms. The fourth-order valence-corrected chi connectivity index (χ4v) is 5.09. The SMILES string of the molecule is COCCN(CC1CCCN(C2Cc3ccccc3C2)C1)C1CCC1. The lowest BCUT2D eigenvalue weighted by Crippen LogP contribution is -2.49. The molecule has 0 bridgehead atoms. The lowest BCUT2D eigenvalue weighted by molar-refractivity contribution is 0.0459. The van der Waals surface area contributed by atoms with E-state index in [4.69, 9.17) is 4.74 Å². The van der Waals surface area contributed by atoms with Gasteiger partial charge >= 0.3 is 0 Å². The number of nitrogens with zero attached hydrogens (tertiary/aromatic N) is 2. The Bertz CT molecular complexity index is 532. The predicted molar refractivity (Wildman–Crippen MR) is 103 cm³/mol. The highest BCUT2D eigenvalue weighted by Crippen LogP contribution is 2.31. The van der Waals surface area contributed by atoms with E-state index in [1.165, 1.54) is 64.6 Å². The van der Waals surface area contributed by atoms with E-state index in [0.29, 0.717) is 0 Å². The molecule has 1 aromatic rings. The van der Waals surface area contributed by atoms with E-state index in [2.05, 4.69) is 34.1 Å². The third-order valence-electron chi connectivity index (χ3n) is 6.76. The van der Waals surface area contributed by atoms with E-state index >= 15 is 0 Å². The topological polar surface area (TPSA) is 15.7 Å². The van der Waals surface area contributed by atoms with Crippen molar-refractivity contribution >= 4 is 0 Å². The zero-order chi connectivity index (χ0) is 17.1. The maximum Gasteiger partial charge on any atom is 0.0589 e. The summed E-state index contributed by atoms with van der Waals surface area (Å²) in [6.45, 7) is 5.88. The Morgan fingerprint density at radius 2 is 1.84 bits per heavy atom. The normalized spacial score (nSPS) is 25.3. The van der Waals surface area contributed by atoms with Crippen molar-refractivity contribution in [1.29, 1.82) is 0 Å². The van der Waals surface area contributed by atoms with Crippen LogP contribution < -0.4 is 0 Å². The first-order valence-electron chi connectivity index (χ1n) is 10.4. The van der Waals surface area contributed by atoms with Crippen LogP contribution in [0.4, 0.5) is 0 Å². The first-order chi connectivity index (χ1) is 12.3. The van der Waals surface area contributed by atoms with Gasteiger partial charge in [0.05, 0.1) is 6.61 Å². The number of methoxy groups -OCH3 is 1. The first-order valence-corrected chi connectivity index (χ1v) is 10.4. The van der Waals surface area contributed by atoms with Crippen LogP contribution in [-0.2, 0) is 17.6 Å². The van der Waals surface area contributed by atoms with Crippen molar-refractivity contribution < 1.29 is 4.74 Å². The predicted octanol–water partition coefficient (Wildman–Crippen LogP) is 3.37. The van der Waals surface area contributed by atoms with Crippen LogP contribution in [0.15, 0.2) is 24.3 Å². The molecule has 3 nitrogen and oxygen atoms in total. The Morgan fingerprint density at radius 3 is 2.48 bits per heavy atom. The van der Waals surface area contributed by atoms with Crippen LogP contribution in [0.1, 0.15) is 43.2 Å². The zero-order valence-corrected chi connectivity index (χ0v) is 15.8. The van der Waals surface area contributed by atoms with E-state index in [-0.39, 0.29) is 0 Å². The Kier molecular flexibility index (Phi) is 5.74. The molecular weight excluding hydrogens is 308 g/mol. The van der Waals surface area contributed by atoms with E-state index < -0.39 is 0 Å². The third-order valence-corrected chi connectivity index (χ3v) is 6.76. The summed E-state index contributed by atoms with van der Waals surface area (Å²) >= 11 is 0. The zero-order valence-electron chi connectivity index (χ0n) is 15.8. The number of hydrogen-bond donors (Lipinski definition) is 0. The number of benzene rings is 1. The lowest BCUT2D eigenvalue weighted by Gasteiger charge is -2.43. The smallest absolute Gasteiger partial charge is 0.0589 e. The molecule has 1 atom stereocenters. The highest BCUT2D eigenvalue weighted by molar-refractivity contribution is 5.33. The summed E-state index contributed by atoms with van der Waals surface area (Å²) in [7, 11) is 1.83. The average Bonchev–Trinajstić information content (AvgIpc) is 3.02. The summed E-state index contributed by atoms with van der Waals surface area (Å²) < 4.78 is 5.37. The first kappa shape index (κ1) is 17.5. The van der Waals surface area contributed by atoms with Gasteiger partial charge in [-0.15, -0.1) is 0 Å². The Morgan fingerprint density at radius 1 is 1.08 bits per heavy atom. The van der Waals surface area contributed by atoms with Crippen molar-refractivity contribution in [3.8, 4) is 0 Å². The van der Waals surface area contributed by atoms with Crippen molar-refractivity contribution in [2.45, 2.75) is 57.0 Å². The number of rotatable bonds is 7. The fourth-order valence-electron chi connectivity index (χ4n) is 5.09. The van der Waals surface area contributed by atoms with Gasteiger partial charge in [0.15, 0.2) is 0 Å². The van der Waals surface area contributed by atoms with Crippen LogP contribution in [0, 0.1) is 5.92 Å². The molecule has 1 saturated carbocycles. The number of likely N-dealkylation sites (tertiary alicyclic amines) is 1. The van der Waals surface area contributed by atoms with Crippen LogP contribution >= 0.6 is 0 Å². The second-order valence-electron chi connectivity index (χ2n) is 8.41. The molecule has 3 heteroatoms. The molecule has 4 rings (SSSR count). The Labute approximate surface area is 153 Å². The Balaban J connectivity index is 1.33. The molecule has 3 aliphatic rings. The molecule has 1 aliphatic heterocycles. The molecule has 1 saturated heterocycles. The molecule has 138 valence electrons. The summed E-state index contributed by atoms with van der Waals surface area (Å²) in [6, 6.07) is 10.6. The number of fused-ring (bicyclic) bond motifs is 1. The van der Waals surface area contributed by atoms with E-state index in [9.17, 15) is 0 Å². The largest absolute Gasteiger partial charge is 0.383 e. The molecular formula is C22H34N2O. The van der Waals surface area contributed by atoms with Gasteiger partial charge in [-0.3, -0.25) is 9.80 Å².